The average molecular weight is 438 g/mol. The topological polar surface area (TPSA) is 98.2 Å². The number of furan rings is 1. The molecule has 1 amide bonds. The number of hydrazone groups is 1. The Balaban J connectivity index is 1.63. The van der Waals surface area contributed by atoms with Gasteiger partial charge in [0, 0.05) is 11.1 Å². The fourth-order valence-electron chi connectivity index (χ4n) is 3.16. The average Bonchev–Trinajstić information content (AvgIpc) is 3.34. The fourth-order valence-corrected chi connectivity index (χ4v) is 3.28. The van der Waals surface area contributed by atoms with Gasteiger partial charge in [-0.25, -0.2) is 0 Å². The Morgan fingerprint density at radius 3 is 2.58 bits per heavy atom. The Labute approximate surface area is 182 Å². The second-order valence-electron chi connectivity index (χ2n) is 6.68. The molecule has 0 aliphatic carbocycles. The van der Waals surface area contributed by atoms with Crippen LogP contribution in [0.4, 0.5) is 11.4 Å². The third kappa shape index (κ3) is 3.93. The second-order valence-corrected chi connectivity index (χ2v) is 7.12. The van der Waals surface area contributed by atoms with Crippen LogP contribution in [0.3, 0.4) is 0 Å². The SMILES string of the molecule is COc1cc([N+](=O)[O-])ccc1-c1ccc(C=C2C(=O)N(c3ccc(Cl)cc3)N=C2C)o1. The number of non-ortho nitro benzene ring substituents is 1. The maximum atomic E-state index is 12.9. The Morgan fingerprint density at radius 1 is 1.16 bits per heavy atom. The van der Waals surface area contributed by atoms with Crippen molar-refractivity contribution in [1.82, 2.24) is 0 Å². The number of anilines is 1. The zero-order valence-corrected chi connectivity index (χ0v) is 17.3. The summed E-state index contributed by atoms with van der Waals surface area (Å²) < 4.78 is 11.1. The number of nitro benzene ring substituents is 1. The van der Waals surface area contributed by atoms with Gasteiger partial charge in [0.1, 0.15) is 17.3 Å². The minimum absolute atomic E-state index is 0.0832. The summed E-state index contributed by atoms with van der Waals surface area (Å²) in [4.78, 5) is 23.4. The molecule has 9 heteroatoms. The predicted octanol–water partition coefficient (Wildman–Crippen LogP) is 5.32. The van der Waals surface area contributed by atoms with E-state index in [1.807, 2.05) is 0 Å². The zero-order chi connectivity index (χ0) is 22.1. The number of hydrogen-bond donors (Lipinski definition) is 0. The molecule has 3 aromatic rings. The van der Waals surface area contributed by atoms with E-state index >= 15 is 0 Å². The van der Waals surface area contributed by atoms with Crippen molar-refractivity contribution in [2.75, 3.05) is 12.1 Å². The number of carbonyl (C=O) groups excluding carboxylic acids is 1. The van der Waals surface area contributed by atoms with E-state index in [-0.39, 0.29) is 11.6 Å². The first-order valence-electron chi connectivity index (χ1n) is 9.17. The van der Waals surface area contributed by atoms with E-state index in [9.17, 15) is 14.9 Å². The van der Waals surface area contributed by atoms with Crippen LogP contribution >= 0.6 is 11.6 Å². The maximum Gasteiger partial charge on any atom is 0.280 e. The fraction of sp³-hybridized carbons (Fsp3) is 0.0909. The van der Waals surface area contributed by atoms with Gasteiger partial charge in [0.05, 0.1) is 40.6 Å². The van der Waals surface area contributed by atoms with Crippen LogP contribution in [0.15, 0.2) is 69.7 Å². The van der Waals surface area contributed by atoms with E-state index in [0.29, 0.717) is 44.8 Å². The van der Waals surface area contributed by atoms with E-state index in [1.165, 1.54) is 24.3 Å². The number of amides is 1. The van der Waals surface area contributed by atoms with Crippen LogP contribution in [-0.4, -0.2) is 23.7 Å². The van der Waals surface area contributed by atoms with Gasteiger partial charge < -0.3 is 9.15 Å². The highest BCUT2D eigenvalue weighted by Crippen LogP contribution is 2.35. The molecular weight excluding hydrogens is 422 g/mol. The molecule has 156 valence electrons. The third-order valence-electron chi connectivity index (χ3n) is 4.71. The molecule has 0 fully saturated rings. The largest absolute Gasteiger partial charge is 0.496 e. The number of halogens is 1. The van der Waals surface area contributed by atoms with Gasteiger partial charge in [-0.2, -0.15) is 10.1 Å². The number of nitrogens with zero attached hydrogens (tertiary/aromatic N) is 3. The van der Waals surface area contributed by atoms with Gasteiger partial charge in [0.2, 0.25) is 0 Å². The Kier molecular flexibility index (Phi) is 5.31. The van der Waals surface area contributed by atoms with Crippen molar-refractivity contribution in [3.63, 3.8) is 0 Å². The number of ether oxygens (including phenoxy) is 1. The van der Waals surface area contributed by atoms with Gasteiger partial charge in [-0.1, -0.05) is 11.6 Å². The highest BCUT2D eigenvalue weighted by molar-refractivity contribution is 6.32. The smallest absolute Gasteiger partial charge is 0.280 e. The van der Waals surface area contributed by atoms with Crippen LogP contribution in [0.25, 0.3) is 17.4 Å². The molecule has 1 aliphatic heterocycles. The molecule has 1 aromatic heterocycles. The molecule has 0 saturated carbocycles. The van der Waals surface area contributed by atoms with Crippen LogP contribution in [0.2, 0.25) is 5.02 Å². The molecule has 2 aromatic carbocycles. The first-order valence-corrected chi connectivity index (χ1v) is 9.55. The molecule has 8 nitrogen and oxygen atoms in total. The van der Waals surface area contributed by atoms with Crippen LogP contribution in [0.1, 0.15) is 12.7 Å². The first-order chi connectivity index (χ1) is 14.9. The summed E-state index contributed by atoms with van der Waals surface area (Å²) >= 11 is 5.91. The molecule has 0 unspecified atom stereocenters. The molecule has 0 bridgehead atoms. The van der Waals surface area contributed by atoms with Crippen molar-refractivity contribution in [3.05, 3.63) is 81.1 Å². The monoisotopic (exact) mass is 437 g/mol. The quantitative estimate of drug-likeness (QED) is 0.305. The molecular formula is C22H16ClN3O5. The minimum atomic E-state index is -0.495. The molecule has 31 heavy (non-hydrogen) atoms. The molecule has 0 atom stereocenters. The van der Waals surface area contributed by atoms with Gasteiger partial charge in [0.15, 0.2) is 0 Å². The lowest BCUT2D eigenvalue weighted by atomic mass is 10.1. The van der Waals surface area contributed by atoms with Crippen molar-refractivity contribution >= 4 is 40.7 Å². The lowest BCUT2D eigenvalue weighted by Gasteiger charge is -2.11. The molecule has 0 saturated heterocycles. The highest BCUT2D eigenvalue weighted by Gasteiger charge is 2.29. The summed E-state index contributed by atoms with van der Waals surface area (Å²) in [5.74, 6) is 0.913. The van der Waals surface area contributed by atoms with E-state index in [4.69, 9.17) is 20.8 Å². The molecule has 0 spiro atoms. The number of methoxy groups -OCH3 is 1. The standard InChI is InChI=1S/C22H16ClN3O5/c1-13-19(22(27)25(24-13)15-5-3-14(23)4-6-15)12-17-8-10-20(31-17)18-9-7-16(26(28)29)11-21(18)30-2/h3-12H,1-2H3. The number of carbonyl (C=O) groups is 1. The van der Waals surface area contributed by atoms with E-state index in [0.717, 1.165) is 0 Å². The van der Waals surface area contributed by atoms with Crippen LogP contribution < -0.4 is 9.75 Å². The Morgan fingerprint density at radius 2 is 1.90 bits per heavy atom. The lowest BCUT2D eigenvalue weighted by Crippen LogP contribution is -2.21. The Bertz CT molecular complexity index is 1240. The van der Waals surface area contributed by atoms with Gasteiger partial charge in [0.25, 0.3) is 11.6 Å². The zero-order valence-electron chi connectivity index (χ0n) is 16.5. The summed E-state index contributed by atoms with van der Waals surface area (Å²) in [6.07, 6.45) is 1.61. The summed E-state index contributed by atoms with van der Waals surface area (Å²) in [6.45, 7) is 1.74. The van der Waals surface area contributed by atoms with Crippen LogP contribution in [0.5, 0.6) is 5.75 Å². The van der Waals surface area contributed by atoms with E-state index < -0.39 is 4.92 Å². The number of nitro groups is 1. The molecule has 1 aliphatic rings. The van der Waals surface area contributed by atoms with Crippen molar-refractivity contribution in [2.24, 2.45) is 5.10 Å². The highest BCUT2D eigenvalue weighted by atomic mass is 35.5. The minimum Gasteiger partial charge on any atom is -0.496 e. The van der Waals surface area contributed by atoms with Gasteiger partial charge in [-0.15, -0.1) is 0 Å². The van der Waals surface area contributed by atoms with Crippen molar-refractivity contribution in [2.45, 2.75) is 6.92 Å². The number of rotatable bonds is 5. The summed E-state index contributed by atoms with van der Waals surface area (Å²) in [5, 5.41) is 17.2. The predicted molar refractivity (Wildman–Crippen MR) is 117 cm³/mol. The summed E-state index contributed by atoms with van der Waals surface area (Å²) in [6, 6.07) is 14.5. The van der Waals surface area contributed by atoms with Gasteiger partial charge in [-0.05, 0) is 55.5 Å². The summed E-state index contributed by atoms with van der Waals surface area (Å²) in [7, 11) is 1.43. The maximum absolute atomic E-state index is 12.9. The molecule has 0 radical (unpaired) electrons. The second kappa shape index (κ2) is 8.08. The van der Waals surface area contributed by atoms with Crippen molar-refractivity contribution in [1.29, 1.82) is 0 Å². The molecule has 0 N–H and O–H groups in total. The summed E-state index contributed by atoms with van der Waals surface area (Å²) in [5.41, 5.74) is 2.02. The normalized spacial score (nSPS) is 14.8. The van der Waals surface area contributed by atoms with E-state index in [1.54, 1.807) is 55.5 Å². The van der Waals surface area contributed by atoms with Crippen molar-refractivity contribution in [3.8, 4) is 17.1 Å². The first kappa shape index (κ1) is 20.4. The van der Waals surface area contributed by atoms with Crippen molar-refractivity contribution < 1.29 is 18.9 Å². The number of benzene rings is 2. The molecule has 4 rings (SSSR count). The molecule has 2 heterocycles. The lowest BCUT2D eigenvalue weighted by molar-refractivity contribution is -0.384. The van der Waals surface area contributed by atoms with Crippen LogP contribution in [-0.2, 0) is 4.79 Å². The third-order valence-corrected chi connectivity index (χ3v) is 4.96. The van der Waals surface area contributed by atoms with Crippen LogP contribution in [0, 0.1) is 10.1 Å². The van der Waals surface area contributed by atoms with Gasteiger partial charge >= 0.3 is 0 Å². The van der Waals surface area contributed by atoms with E-state index in [2.05, 4.69) is 5.10 Å². The number of hydrogen-bond acceptors (Lipinski definition) is 6. The Hall–Kier alpha value is -3.91. The van der Waals surface area contributed by atoms with Gasteiger partial charge in [-0.3, -0.25) is 14.9 Å².